The topological polar surface area (TPSA) is 59.2 Å². The van der Waals surface area contributed by atoms with Crippen LogP contribution in [-0.2, 0) is 4.79 Å². The molecule has 120 valence electrons. The summed E-state index contributed by atoms with van der Waals surface area (Å²) in [6.07, 6.45) is 0.0362. The molecule has 0 saturated carbocycles. The van der Waals surface area contributed by atoms with Crippen LogP contribution in [0.5, 0.6) is 5.75 Å². The van der Waals surface area contributed by atoms with Crippen LogP contribution in [0, 0.1) is 0 Å². The number of rotatable bonds is 1. The van der Waals surface area contributed by atoms with E-state index < -0.39 is 11.9 Å². The minimum absolute atomic E-state index is 0.0362. The minimum Gasteiger partial charge on any atom is -0.425 e. The van der Waals surface area contributed by atoms with Crippen molar-refractivity contribution < 1.29 is 9.53 Å². The molecule has 1 aliphatic rings. The summed E-state index contributed by atoms with van der Waals surface area (Å²) in [6.45, 7) is 0. The lowest BCUT2D eigenvalue weighted by molar-refractivity contribution is -0.135. The molecule has 1 aliphatic heterocycles. The summed E-state index contributed by atoms with van der Waals surface area (Å²) in [5.74, 6) is -0.605. The largest absolute Gasteiger partial charge is 0.425 e. The van der Waals surface area contributed by atoms with Gasteiger partial charge in [0, 0.05) is 11.3 Å². The predicted molar refractivity (Wildman–Crippen MR) is 93.1 cm³/mol. The molecule has 1 atom stereocenters. The summed E-state index contributed by atoms with van der Waals surface area (Å²) in [6, 6.07) is 12.4. The van der Waals surface area contributed by atoms with Gasteiger partial charge in [0.05, 0.1) is 27.5 Å². The van der Waals surface area contributed by atoms with Crippen LogP contribution < -0.4 is 10.3 Å². The maximum Gasteiger partial charge on any atom is 0.312 e. The molecular weight excluding hydrogens is 349 g/mol. The second-order valence-corrected chi connectivity index (χ2v) is 6.40. The van der Waals surface area contributed by atoms with Crippen molar-refractivity contribution >= 4 is 40.1 Å². The van der Waals surface area contributed by atoms with Gasteiger partial charge in [0.25, 0.3) is 5.56 Å². The number of para-hydroxylation sites is 1. The Labute approximate surface area is 147 Å². The Hall–Kier alpha value is -2.30. The summed E-state index contributed by atoms with van der Waals surface area (Å²) in [4.78, 5) is 27.6. The molecule has 2 heterocycles. The smallest absolute Gasteiger partial charge is 0.312 e. The molecule has 24 heavy (non-hydrogen) atoms. The Balaban J connectivity index is 2.04. The fraction of sp³-hybridized carbons (Fsp3) is 0.111. The van der Waals surface area contributed by atoms with Crippen molar-refractivity contribution in [1.82, 2.24) is 4.98 Å². The van der Waals surface area contributed by atoms with E-state index in [2.05, 4.69) is 4.98 Å². The van der Waals surface area contributed by atoms with Gasteiger partial charge in [-0.3, -0.25) is 9.59 Å². The van der Waals surface area contributed by atoms with Gasteiger partial charge in [-0.2, -0.15) is 0 Å². The Bertz CT molecular complexity index is 1040. The van der Waals surface area contributed by atoms with E-state index in [1.54, 1.807) is 36.4 Å². The maximum absolute atomic E-state index is 12.6. The Kier molecular flexibility index (Phi) is 3.59. The highest BCUT2D eigenvalue weighted by molar-refractivity contribution is 6.42. The van der Waals surface area contributed by atoms with E-state index in [0.717, 1.165) is 0 Å². The number of hydrogen-bond acceptors (Lipinski definition) is 3. The third-order valence-electron chi connectivity index (χ3n) is 4.20. The maximum atomic E-state index is 12.6. The number of H-pyrrole nitrogens is 1. The van der Waals surface area contributed by atoms with Crippen molar-refractivity contribution in [3.05, 3.63) is 74.0 Å². The van der Waals surface area contributed by atoms with Crippen molar-refractivity contribution in [2.75, 3.05) is 0 Å². The number of hydrogen-bond donors (Lipinski definition) is 1. The summed E-state index contributed by atoms with van der Waals surface area (Å²) >= 11 is 12.4. The summed E-state index contributed by atoms with van der Waals surface area (Å²) < 4.78 is 5.41. The van der Waals surface area contributed by atoms with Crippen molar-refractivity contribution in [2.24, 2.45) is 0 Å². The van der Waals surface area contributed by atoms with Gasteiger partial charge in [0.2, 0.25) is 0 Å². The van der Waals surface area contributed by atoms with Crippen LogP contribution in [0.2, 0.25) is 10.0 Å². The molecule has 0 radical (unpaired) electrons. The van der Waals surface area contributed by atoms with Crippen LogP contribution in [0.3, 0.4) is 0 Å². The number of ether oxygens (including phenoxy) is 1. The van der Waals surface area contributed by atoms with Crippen molar-refractivity contribution in [3.63, 3.8) is 0 Å². The Morgan fingerprint density at radius 1 is 1.04 bits per heavy atom. The monoisotopic (exact) mass is 359 g/mol. The first-order chi connectivity index (χ1) is 11.6. The highest BCUT2D eigenvalue weighted by Gasteiger charge is 2.34. The van der Waals surface area contributed by atoms with E-state index in [0.29, 0.717) is 37.8 Å². The van der Waals surface area contributed by atoms with Crippen molar-refractivity contribution in [2.45, 2.75) is 12.3 Å². The zero-order valence-corrected chi connectivity index (χ0v) is 13.8. The molecule has 2 aromatic carbocycles. The third-order valence-corrected chi connectivity index (χ3v) is 5.03. The lowest BCUT2D eigenvalue weighted by atomic mass is 9.86. The molecule has 0 aliphatic carbocycles. The van der Waals surface area contributed by atoms with Gasteiger partial charge >= 0.3 is 5.97 Å². The fourth-order valence-electron chi connectivity index (χ4n) is 3.13. The summed E-state index contributed by atoms with van der Waals surface area (Å²) in [5, 5.41) is 1.41. The second kappa shape index (κ2) is 5.65. The van der Waals surface area contributed by atoms with Crippen LogP contribution in [-0.4, -0.2) is 11.0 Å². The number of nitrogens with one attached hydrogen (secondary N) is 1. The minimum atomic E-state index is -0.499. The molecule has 4 nitrogen and oxygen atoms in total. The van der Waals surface area contributed by atoms with Crippen molar-refractivity contribution in [3.8, 4) is 5.75 Å². The lowest BCUT2D eigenvalue weighted by Crippen LogP contribution is -2.28. The van der Waals surface area contributed by atoms with Gasteiger partial charge in [-0.1, -0.05) is 47.5 Å². The van der Waals surface area contributed by atoms with Gasteiger partial charge in [0.1, 0.15) is 5.75 Å². The number of aromatic amines is 1. The molecule has 0 unspecified atom stereocenters. The van der Waals surface area contributed by atoms with Crippen LogP contribution in [0.1, 0.15) is 23.5 Å². The van der Waals surface area contributed by atoms with E-state index in [4.69, 9.17) is 27.9 Å². The van der Waals surface area contributed by atoms with Gasteiger partial charge in [-0.15, -0.1) is 0 Å². The number of carbonyl (C=O) groups is 1. The van der Waals surface area contributed by atoms with Gasteiger partial charge in [-0.05, 0) is 23.8 Å². The quantitative estimate of drug-likeness (QED) is 0.659. The highest BCUT2D eigenvalue weighted by atomic mass is 35.5. The number of aromatic nitrogens is 1. The first kappa shape index (κ1) is 15.2. The molecule has 0 bridgehead atoms. The molecule has 1 aromatic heterocycles. The van der Waals surface area contributed by atoms with E-state index in [-0.39, 0.29) is 12.0 Å². The SMILES string of the molecule is O=C1C[C@H](c2cccc(Cl)c2Cl)c2c(c3ccccc3[nH]c2=O)O1. The molecular formula is C18H11Cl2NO3. The second-order valence-electron chi connectivity index (χ2n) is 5.62. The average molecular weight is 360 g/mol. The number of esters is 1. The molecule has 3 aromatic rings. The van der Waals surface area contributed by atoms with Crippen molar-refractivity contribution in [1.29, 1.82) is 0 Å². The van der Waals surface area contributed by atoms with E-state index >= 15 is 0 Å². The van der Waals surface area contributed by atoms with Crippen LogP contribution in [0.4, 0.5) is 0 Å². The molecule has 1 N–H and O–H groups in total. The predicted octanol–water partition coefficient (Wildman–Crippen LogP) is 4.28. The summed E-state index contributed by atoms with van der Waals surface area (Å²) in [5.41, 5.74) is 1.37. The number of fused-ring (bicyclic) bond motifs is 3. The van der Waals surface area contributed by atoms with E-state index in [9.17, 15) is 9.59 Å². The lowest BCUT2D eigenvalue weighted by Gasteiger charge is -2.25. The zero-order valence-electron chi connectivity index (χ0n) is 12.3. The number of carbonyl (C=O) groups excluding carboxylic acids is 1. The average Bonchev–Trinajstić information content (AvgIpc) is 2.56. The fourth-order valence-corrected chi connectivity index (χ4v) is 3.57. The van der Waals surface area contributed by atoms with Gasteiger partial charge < -0.3 is 9.72 Å². The van der Waals surface area contributed by atoms with Gasteiger partial charge in [0.15, 0.2) is 0 Å². The highest BCUT2D eigenvalue weighted by Crippen LogP contribution is 2.43. The molecule has 0 saturated heterocycles. The number of pyridine rings is 1. The molecule has 0 fully saturated rings. The standard InChI is InChI=1S/C18H11Cl2NO3/c19-12-6-3-5-9(16(12)20)11-8-14(22)24-17-10-4-1-2-7-13(10)21-18(23)15(11)17/h1-7,11H,8H2,(H,21,23)/t11-/m1/s1. The Morgan fingerprint density at radius 3 is 2.67 bits per heavy atom. The molecule has 4 rings (SSSR count). The summed E-state index contributed by atoms with van der Waals surface area (Å²) in [7, 11) is 0. The number of benzene rings is 2. The zero-order chi connectivity index (χ0) is 16.8. The Morgan fingerprint density at radius 2 is 1.83 bits per heavy atom. The van der Waals surface area contributed by atoms with Crippen LogP contribution in [0.15, 0.2) is 47.3 Å². The van der Waals surface area contributed by atoms with Crippen LogP contribution in [0.25, 0.3) is 10.9 Å². The normalized spacial score (nSPS) is 16.8. The molecule has 0 spiro atoms. The first-order valence-electron chi connectivity index (χ1n) is 7.35. The molecule has 6 heteroatoms. The van der Waals surface area contributed by atoms with E-state index in [1.165, 1.54) is 0 Å². The third kappa shape index (κ3) is 2.30. The molecule has 0 amide bonds. The number of halogens is 2. The van der Waals surface area contributed by atoms with Gasteiger partial charge in [-0.25, -0.2) is 0 Å². The first-order valence-corrected chi connectivity index (χ1v) is 8.11. The van der Waals surface area contributed by atoms with E-state index in [1.807, 2.05) is 6.07 Å². The van der Waals surface area contributed by atoms with Crippen LogP contribution >= 0.6 is 23.2 Å².